The van der Waals surface area contributed by atoms with Crippen LogP contribution < -0.4 is 5.32 Å². The van der Waals surface area contributed by atoms with Crippen molar-refractivity contribution in [3.8, 4) is 12.1 Å². The van der Waals surface area contributed by atoms with Crippen molar-refractivity contribution >= 4 is 38.8 Å². The maximum Gasteiger partial charge on any atom is 0.156 e. The third-order valence-electron chi connectivity index (χ3n) is 4.13. The second-order valence-electron chi connectivity index (χ2n) is 5.45. The summed E-state index contributed by atoms with van der Waals surface area (Å²) in [6.45, 7) is 0. The maximum atomic E-state index is 9.92. The van der Waals surface area contributed by atoms with Crippen LogP contribution in [0.15, 0.2) is 52.0 Å². The topological polar surface area (TPSA) is 88.3 Å². The second kappa shape index (κ2) is 6.21. The summed E-state index contributed by atoms with van der Waals surface area (Å²) in [5.74, 6) is 0.390. The Balaban J connectivity index is 2.00. The van der Waals surface area contributed by atoms with Crippen molar-refractivity contribution in [1.29, 1.82) is 10.5 Å². The Labute approximate surface area is 156 Å². The van der Waals surface area contributed by atoms with Gasteiger partial charge in [-0.2, -0.15) is 15.6 Å². The Morgan fingerprint density at radius 1 is 1.12 bits per heavy atom. The molecule has 1 atom stereocenters. The van der Waals surface area contributed by atoms with Crippen molar-refractivity contribution in [3.63, 3.8) is 0 Å². The average Bonchev–Trinajstić information content (AvgIpc) is 3.31. The lowest BCUT2D eigenvalue weighted by Crippen LogP contribution is -2.17. The average molecular weight is 408 g/mol. The minimum Gasteiger partial charge on any atom is -0.336 e. The van der Waals surface area contributed by atoms with E-state index in [4.69, 9.17) is 0 Å². The van der Waals surface area contributed by atoms with Gasteiger partial charge in [0.05, 0.1) is 33.7 Å². The van der Waals surface area contributed by atoms with Crippen LogP contribution in [0.3, 0.4) is 0 Å². The molecule has 1 unspecified atom stereocenters. The number of hydrogen-bond acceptors (Lipinski definition) is 5. The first-order valence-corrected chi connectivity index (χ1v) is 9.09. The molecule has 0 spiro atoms. The largest absolute Gasteiger partial charge is 0.336 e. The van der Waals surface area contributed by atoms with Crippen LogP contribution in [0.25, 0.3) is 5.70 Å². The number of halogens is 1. The number of fused-ring (bicyclic) bond motifs is 1. The molecule has 0 aliphatic carbocycles. The molecule has 5 nitrogen and oxygen atoms in total. The molecule has 1 aliphatic rings. The first-order chi connectivity index (χ1) is 12.2. The van der Waals surface area contributed by atoms with E-state index < -0.39 is 0 Å². The molecule has 0 saturated carbocycles. The number of aromatic nitrogens is 2. The van der Waals surface area contributed by atoms with E-state index >= 15 is 0 Å². The fraction of sp³-hybridized carbons (Fsp3) is 0.0556. The summed E-state index contributed by atoms with van der Waals surface area (Å²) in [7, 11) is 0. The van der Waals surface area contributed by atoms with E-state index in [1.54, 1.807) is 23.6 Å². The van der Waals surface area contributed by atoms with Crippen LogP contribution in [0, 0.1) is 22.7 Å². The molecule has 120 valence electrons. The quantitative estimate of drug-likeness (QED) is 0.649. The Bertz CT molecular complexity index is 1070. The summed E-state index contributed by atoms with van der Waals surface area (Å²) >= 11 is 5.10. The fourth-order valence-corrected chi connectivity index (χ4v) is 4.34. The van der Waals surface area contributed by atoms with Crippen LogP contribution in [0.1, 0.15) is 27.5 Å². The second-order valence-corrected chi connectivity index (χ2v) is 7.19. The molecule has 0 bridgehead atoms. The maximum absolute atomic E-state index is 9.92. The smallest absolute Gasteiger partial charge is 0.156 e. The highest BCUT2D eigenvalue weighted by atomic mass is 79.9. The molecule has 25 heavy (non-hydrogen) atoms. The summed E-state index contributed by atoms with van der Waals surface area (Å²) in [6.07, 6.45) is 1.79. The highest BCUT2D eigenvalue weighted by molar-refractivity contribution is 9.10. The highest BCUT2D eigenvalue weighted by Gasteiger charge is 2.33. The first-order valence-electron chi connectivity index (χ1n) is 7.42. The Morgan fingerprint density at radius 2 is 2.00 bits per heavy atom. The van der Waals surface area contributed by atoms with Crippen LogP contribution >= 0.6 is 27.3 Å². The molecule has 1 aliphatic heterocycles. The van der Waals surface area contributed by atoms with Gasteiger partial charge in [0, 0.05) is 16.2 Å². The van der Waals surface area contributed by atoms with Crippen molar-refractivity contribution in [2.75, 3.05) is 5.32 Å². The SMILES string of the molecule is N#CC1=C(c2cccs2)Nc2n[nH]cc2C1c1cccc(C#N)c1Br. The summed E-state index contributed by atoms with van der Waals surface area (Å²) in [5.41, 5.74) is 3.65. The third-order valence-corrected chi connectivity index (χ3v) is 5.90. The van der Waals surface area contributed by atoms with E-state index in [-0.39, 0.29) is 5.92 Å². The van der Waals surface area contributed by atoms with E-state index in [1.807, 2.05) is 29.6 Å². The van der Waals surface area contributed by atoms with E-state index in [1.165, 1.54) is 0 Å². The van der Waals surface area contributed by atoms with Crippen molar-refractivity contribution in [1.82, 2.24) is 10.2 Å². The van der Waals surface area contributed by atoms with Crippen molar-refractivity contribution in [3.05, 3.63) is 73.5 Å². The number of nitriles is 2. The zero-order valence-corrected chi connectivity index (χ0v) is 15.1. The molecule has 4 rings (SSSR count). The molecule has 2 N–H and O–H groups in total. The number of allylic oxidation sites excluding steroid dienone is 1. The molecule has 3 heterocycles. The lowest BCUT2D eigenvalue weighted by Gasteiger charge is -2.26. The normalized spacial score (nSPS) is 15.9. The molecule has 1 aromatic carbocycles. The van der Waals surface area contributed by atoms with Gasteiger partial charge in [-0.05, 0) is 39.0 Å². The minimum absolute atomic E-state index is 0.306. The summed E-state index contributed by atoms with van der Waals surface area (Å²) < 4.78 is 0.704. The van der Waals surface area contributed by atoms with Gasteiger partial charge in [0.1, 0.15) is 6.07 Å². The Morgan fingerprint density at radius 3 is 2.72 bits per heavy atom. The Kier molecular flexibility index (Phi) is 3.89. The molecule has 0 amide bonds. The summed E-state index contributed by atoms with van der Waals surface area (Å²) in [6, 6.07) is 14.0. The standard InChI is InChI=1S/C18H10BrN5S/c19-16-10(7-20)3-1-4-11(16)15-12(8-21)17(14-5-2-6-25-14)23-18-13(15)9-22-24-18/h1-6,9,15H,(H2,22,23,24). The van der Waals surface area contributed by atoms with E-state index in [2.05, 4.69) is 43.6 Å². The van der Waals surface area contributed by atoms with Crippen LogP contribution in [-0.2, 0) is 0 Å². The lowest BCUT2D eigenvalue weighted by atomic mass is 9.82. The number of H-pyrrole nitrogens is 1. The molecule has 0 radical (unpaired) electrons. The van der Waals surface area contributed by atoms with Crippen molar-refractivity contribution in [2.45, 2.75) is 5.92 Å². The molecule has 2 aromatic heterocycles. The summed E-state index contributed by atoms with van der Waals surface area (Å²) in [4.78, 5) is 0.975. The third kappa shape index (κ3) is 2.45. The number of nitrogens with one attached hydrogen (secondary N) is 2. The van der Waals surface area contributed by atoms with Crippen LogP contribution in [-0.4, -0.2) is 10.2 Å². The van der Waals surface area contributed by atoms with Gasteiger partial charge < -0.3 is 5.32 Å². The highest BCUT2D eigenvalue weighted by Crippen LogP contribution is 2.46. The van der Waals surface area contributed by atoms with Gasteiger partial charge in [-0.25, -0.2) is 0 Å². The number of thiophene rings is 1. The zero-order chi connectivity index (χ0) is 17.4. The monoisotopic (exact) mass is 407 g/mol. The van der Waals surface area contributed by atoms with Gasteiger partial charge in [-0.1, -0.05) is 18.2 Å². The minimum atomic E-state index is -0.306. The lowest BCUT2D eigenvalue weighted by molar-refractivity contribution is 0.963. The number of hydrogen-bond donors (Lipinski definition) is 2. The van der Waals surface area contributed by atoms with Gasteiger partial charge in [0.2, 0.25) is 0 Å². The molecular formula is C18H10BrN5S. The number of aromatic amines is 1. The molecule has 7 heteroatoms. The van der Waals surface area contributed by atoms with E-state index in [9.17, 15) is 10.5 Å². The molecule has 0 saturated heterocycles. The number of benzene rings is 1. The van der Waals surface area contributed by atoms with Gasteiger partial charge >= 0.3 is 0 Å². The first kappa shape index (κ1) is 15.6. The fourth-order valence-electron chi connectivity index (χ4n) is 3.02. The van der Waals surface area contributed by atoms with Crippen molar-refractivity contribution in [2.24, 2.45) is 0 Å². The predicted molar refractivity (Wildman–Crippen MR) is 99.8 cm³/mol. The molecule has 0 fully saturated rings. The number of anilines is 1. The van der Waals surface area contributed by atoms with Gasteiger partial charge in [-0.3, -0.25) is 5.10 Å². The number of nitrogens with zero attached hydrogens (tertiary/aromatic N) is 3. The van der Waals surface area contributed by atoms with E-state index in [0.29, 0.717) is 21.4 Å². The molecule has 3 aromatic rings. The summed E-state index contributed by atoms with van der Waals surface area (Å²) in [5, 5.41) is 31.7. The predicted octanol–water partition coefficient (Wildman–Crippen LogP) is 4.60. The van der Waals surface area contributed by atoms with Crippen molar-refractivity contribution < 1.29 is 0 Å². The van der Waals surface area contributed by atoms with E-state index in [0.717, 1.165) is 21.7 Å². The Hall–Kier alpha value is -2.87. The molecular weight excluding hydrogens is 398 g/mol. The van der Waals surface area contributed by atoms with Gasteiger partial charge in [-0.15, -0.1) is 11.3 Å². The van der Waals surface area contributed by atoms with Crippen LogP contribution in [0.4, 0.5) is 5.82 Å². The van der Waals surface area contributed by atoms with Gasteiger partial charge in [0.25, 0.3) is 0 Å². The number of rotatable bonds is 2. The zero-order valence-electron chi connectivity index (χ0n) is 12.7. The van der Waals surface area contributed by atoms with Crippen LogP contribution in [0.2, 0.25) is 0 Å². The van der Waals surface area contributed by atoms with Gasteiger partial charge in [0.15, 0.2) is 5.82 Å². The van der Waals surface area contributed by atoms with Crippen LogP contribution in [0.5, 0.6) is 0 Å².